The Labute approximate surface area is 213 Å². The van der Waals surface area contributed by atoms with Gasteiger partial charge in [0.15, 0.2) is 11.5 Å². The summed E-state index contributed by atoms with van der Waals surface area (Å²) >= 11 is 16.6. The zero-order valence-electron chi connectivity index (χ0n) is 18.5. The normalized spacial score (nSPS) is 13.6. The number of ether oxygens (including phenoxy) is 2. The number of halogens is 3. The maximum absolute atomic E-state index is 6.64. The van der Waals surface area contributed by atoms with Crippen molar-refractivity contribution in [2.24, 2.45) is 0 Å². The fraction of sp³-hybridized carbons (Fsp3) is 0.308. The highest BCUT2D eigenvalue weighted by atomic mass is 79.9. The zero-order valence-corrected chi connectivity index (χ0v) is 21.6. The molecule has 7 heteroatoms. The average Bonchev–Trinajstić information content (AvgIpc) is 2.83. The monoisotopic (exact) mass is 548 g/mol. The van der Waals surface area contributed by atoms with Crippen molar-refractivity contribution in [1.82, 2.24) is 0 Å². The second-order valence-corrected chi connectivity index (χ2v) is 9.67. The molecule has 0 saturated carbocycles. The van der Waals surface area contributed by atoms with Gasteiger partial charge in [-0.05, 0) is 55.7 Å². The Morgan fingerprint density at radius 3 is 2.48 bits per heavy atom. The van der Waals surface area contributed by atoms with Gasteiger partial charge in [0.1, 0.15) is 6.61 Å². The van der Waals surface area contributed by atoms with Crippen LogP contribution in [0.5, 0.6) is 11.5 Å². The van der Waals surface area contributed by atoms with E-state index in [0.29, 0.717) is 29.7 Å². The van der Waals surface area contributed by atoms with Gasteiger partial charge in [-0.1, -0.05) is 57.3 Å². The van der Waals surface area contributed by atoms with Gasteiger partial charge < -0.3 is 19.7 Å². The number of rotatable bonds is 8. The molecular weight excluding hydrogens is 523 g/mol. The lowest BCUT2D eigenvalue weighted by atomic mass is 10.1. The molecule has 0 spiro atoms. The van der Waals surface area contributed by atoms with Crippen molar-refractivity contribution >= 4 is 50.5 Å². The molecule has 1 heterocycles. The summed E-state index contributed by atoms with van der Waals surface area (Å²) in [6.07, 6.45) is 3.73. The van der Waals surface area contributed by atoms with Crippen LogP contribution in [0, 0.1) is 0 Å². The van der Waals surface area contributed by atoms with Gasteiger partial charge >= 0.3 is 0 Å². The lowest BCUT2D eigenvalue weighted by molar-refractivity contribution is 0.281. The fourth-order valence-electron chi connectivity index (χ4n) is 4.03. The number of anilines is 2. The smallest absolute Gasteiger partial charge is 0.167 e. The van der Waals surface area contributed by atoms with E-state index in [0.717, 1.165) is 45.1 Å². The van der Waals surface area contributed by atoms with Crippen LogP contribution in [-0.4, -0.2) is 20.2 Å². The van der Waals surface area contributed by atoms with Crippen molar-refractivity contribution < 1.29 is 9.47 Å². The van der Waals surface area contributed by atoms with Crippen LogP contribution in [-0.2, 0) is 13.2 Å². The highest BCUT2D eigenvalue weighted by molar-refractivity contribution is 9.10. The Bertz CT molecular complexity index is 1100. The van der Waals surface area contributed by atoms with Crippen LogP contribution >= 0.6 is 39.1 Å². The van der Waals surface area contributed by atoms with Crippen molar-refractivity contribution in [3.63, 3.8) is 0 Å². The minimum Gasteiger partial charge on any atom is -0.493 e. The minimum absolute atomic E-state index is 0.343. The average molecular weight is 550 g/mol. The molecule has 174 valence electrons. The highest BCUT2D eigenvalue weighted by Gasteiger charge is 2.17. The van der Waals surface area contributed by atoms with Gasteiger partial charge in [0.2, 0.25) is 0 Å². The molecule has 3 aromatic rings. The first-order valence-corrected chi connectivity index (χ1v) is 12.6. The van der Waals surface area contributed by atoms with Crippen LogP contribution in [0.4, 0.5) is 11.4 Å². The summed E-state index contributed by atoms with van der Waals surface area (Å²) in [4.78, 5) is 2.37. The molecule has 1 saturated heterocycles. The molecule has 0 amide bonds. The molecule has 0 unspecified atom stereocenters. The molecule has 1 N–H and O–H groups in total. The molecule has 3 aromatic carbocycles. The molecule has 0 aliphatic carbocycles. The summed E-state index contributed by atoms with van der Waals surface area (Å²) in [5, 5.41) is 4.92. The lowest BCUT2D eigenvalue weighted by Gasteiger charge is -2.29. The van der Waals surface area contributed by atoms with E-state index in [2.05, 4.69) is 38.3 Å². The van der Waals surface area contributed by atoms with E-state index in [9.17, 15) is 0 Å². The Morgan fingerprint density at radius 1 is 0.970 bits per heavy atom. The van der Waals surface area contributed by atoms with Crippen molar-refractivity contribution in [3.05, 3.63) is 80.2 Å². The van der Waals surface area contributed by atoms with Crippen LogP contribution < -0.4 is 19.7 Å². The topological polar surface area (TPSA) is 33.7 Å². The van der Waals surface area contributed by atoms with Gasteiger partial charge in [0, 0.05) is 45.9 Å². The van der Waals surface area contributed by atoms with Gasteiger partial charge in [-0.25, -0.2) is 0 Å². The number of hydrogen-bond donors (Lipinski definition) is 1. The molecule has 1 aliphatic heterocycles. The summed E-state index contributed by atoms with van der Waals surface area (Å²) in [5.74, 6) is 1.34. The van der Waals surface area contributed by atoms with E-state index in [-0.39, 0.29) is 0 Å². The van der Waals surface area contributed by atoms with E-state index >= 15 is 0 Å². The third kappa shape index (κ3) is 5.89. The Morgan fingerprint density at radius 2 is 1.76 bits per heavy atom. The number of benzene rings is 3. The second kappa shape index (κ2) is 11.4. The second-order valence-electron chi connectivity index (χ2n) is 8.00. The number of methoxy groups -OCH3 is 1. The van der Waals surface area contributed by atoms with Crippen molar-refractivity contribution in [2.75, 3.05) is 30.4 Å². The van der Waals surface area contributed by atoms with Crippen LogP contribution in [0.15, 0.2) is 59.1 Å². The van der Waals surface area contributed by atoms with E-state index < -0.39 is 0 Å². The zero-order chi connectivity index (χ0) is 23.2. The quantitative estimate of drug-likeness (QED) is 0.309. The summed E-state index contributed by atoms with van der Waals surface area (Å²) in [7, 11) is 1.64. The molecule has 0 bridgehead atoms. The lowest BCUT2D eigenvalue weighted by Crippen LogP contribution is -2.29. The number of nitrogens with zero attached hydrogens (tertiary/aromatic N) is 1. The molecule has 33 heavy (non-hydrogen) atoms. The molecule has 0 aromatic heterocycles. The standard InChI is InChI=1S/C26H27BrCl2N2O2/c1-32-25-12-10-21(27)20(26(25)33-17-18-7-3-4-8-22(18)28)16-30-19-9-11-24(23(29)15-19)31-13-5-2-6-14-31/h3-4,7-12,15,30H,2,5-6,13-14,16-17H2,1H3. The van der Waals surface area contributed by atoms with E-state index in [4.69, 9.17) is 32.7 Å². The first-order valence-electron chi connectivity index (χ1n) is 11.1. The highest BCUT2D eigenvalue weighted by Crippen LogP contribution is 2.38. The number of nitrogens with one attached hydrogen (secondary N) is 1. The van der Waals surface area contributed by atoms with Gasteiger partial charge in [-0.3, -0.25) is 0 Å². The molecular formula is C26H27BrCl2N2O2. The Balaban J connectivity index is 1.51. The summed E-state index contributed by atoms with van der Waals surface area (Å²) in [6.45, 7) is 3.01. The van der Waals surface area contributed by atoms with Crippen molar-refractivity contribution in [1.29, 1.82) is 0 Å². The van der Waals surface area contributed by atoms with Crippen LogP contribution in [0.2, 0.25) is 10.0 Å². The van der Waals surface area contributed by atoms with Crippen molar-refractivity contribution in [2.45, 2.75) is 32.4 Å². The first-order chi connectivity index (χ1) is 16.1. The minimum atomic E-state index is 0.343. The third-order valence-electron chi connectivity index (χ3n) is 5.83. The molecule has 1 fully saturated rings. The van der Waals surface area contributed by atoms with Crippen LogP contribution in [0.1, 0.15) is 30.4 Å². The maximum Gasteiger partial charge on any atom is 0.167 e. The fourth-order valence-corrected chi connectivity index (χ4v) is 4.97. The molecule has 4 rings (SSSR count). The van der Waals surface area contributed by atoms with Gasteiger partial charge in [-0.2, -0.15) is 0 Å². The predicted octanol–water partition coefficient (Wildman–Crippen LogP) is 7.95. The molecule has 0 radical (unpaired) electrons. The number of piperidine rings is 1. The van der Waals surface area contributed by atoms with Crippen LogP contribution in [0.25, 0.3) is 0 Å². The van der Waals surface area contributed by atoms with Gasteiger partial charge in [0.25, 0.3) is 0 Å². The van der Waals surface area contributed by atoms with E-state index in [1.54, 1.807) is 7.11 Å². The molecule has 1 aliphatic rings. The van der Waals surface area contributed by atoms with Gasteiger partial charge in [-0.15, -0.1) is 0 Å². The van der Waals surface area contributed by atoms with Crippen LogP contribution in [0.3, 0.4) is 0 Å². The maximum atomic E-state index is 6.64. The predicted molar refractivity (Wildman–Crippen MR) is 141 cm³/mol. The Hall–Kier alpha value is -2.08. The molecule has 0 atom stereocenters. The summed E-state index contributed by atoms with van der Waals surface area (Å²) in [6, 6.07) is 17.7. The van der Waals surface area contributed by atoms with Gasteiger partial charge in [0.05, 0.1) is 17.8 Å². The van der Waals surface area contributed by atoms with E-state index in [1.807, 2.05) is 42.5 Å². The van der Waals surface area contributed by atoms with E-state index in [1.165, 1.54) is 19.3 Å². The first kappa shape index (κ1) is 24.1. The third-order valence-corrected chi connectivity index (χ3v) is 7.25. The number of hydrogen-bond acceptors (Lipinski definition) is 4. The SMILES string of the molecule is COc1ccc(Br)c(CNc2ccc(N3CCCCC3)c(Cl)c2)c1OCc1ccccc1Cl. The Kier molecular flexibility index (Phi) is 8.29. The summed E-state index contributed by atoms with van der Waals surface area (Å²) in [5.41, 5.74) is 3.93. The molecule has 4 nitrogen and oxygen atoms in total. The largest absolute Gasteiger partial charge is 0.493 e. The summed E-state index contributed by atoms with van der Waals surface area (Å²) < 4.78 is 12.7. The van der Waals surface area contributed by atoms with Crippen molar-refractivity contribution in [3.8, 4) is 11.5 Å².